The molecule has 1 nitrogen and oxygen atoms in total. The summed E-state index contributed by atoms with van der Waals surface area (Å²) in [5.74, 6) is 5.77. The van der Waals surface area contributed by atoms with Crippen molar-refractivity contribution in [1.29, 1.82) is 0 Å². The van der Waals surface area contributed by atoms with Gasteiger partial charge in [-0.2, -0.15) is 0 Å². The first-order valence-corrected chi connectivity index (χ1v) is 6.62. The fourth-order valence-corrected chi connectivity index (χ4v) is 1.78. The molecule has 0 saturated carbocycles. The molecule has 2 heteroatoms. The number of aliphatic hydroxyl groups excluding tert-OH is 1. The highest BCUT2D eigenvalue weighted by Gasteiger charge is 1.97. The average Bonchev–Trinajstić information content (AvgIpc) is 2.46. The molecule has 2 aromatic rings. The van der Waals surface area contributed by atoms with Gasteiger partial charge in [0.2, 0.25) is 0 Å². The lowest BCUT2D eigenvalue weighted by Gasteiger charge is -2.02. The Kier molecular flexibility index (Phi) is 4.63. The number of benzene rings is 2. The highest BCUT2D eigenvalue weighted by atomic mass is 35.5. The molecule has 1 N–H and O–H groups in total. The Bertz CT molecular complexity index is 588. The van der Waals surface area contributed by atoms with Gasteiger partial charge in [-0.15, -0.1) is 0 Å². The van der Waals surface area contributed by atoms with Gasteiger partial charge in [-0.3, -0.25) is 0 Å². The second-order valence-electron chi connectivity index (χ2n) is 4.28. The Morgan fingerprint density at radius 3 is 2.05 bits per heavy atom. The number of hydrogen-bond donors (Lipinski definition) is 1. The Morgan fingerprint density at radius 1 is 1.00 bits per heavy atom. The molecule has 0 aliphatic rings. The summed E-state index contributed by atoms with van der Waals surface area (Å²) < 4.78 is 0. The molecule has 0 aliphatic heterocycles. The van der Waals surface area contributed by atoms with E-state index >= 15 is 0 Å². The van der Waals surface area contributed by atoms with Crippen molar-refractivity contribution in [2.75, 3.05) is 0 Å². The highest BCUT2D eigenvalue weighted by molar-refractivity contribution is 6.30. The predicted molar refractivity (Wildman–Crippen MR) is 80.1 cm³/mol. The van der Waals surface area contributed by atoms with Crippen LogP contribution in [0.25, 0.3) is 11.1 Å². The normalized spacial score (nSPS) is 11.5. The molecule has 0 saturated heterocycles. The maximum absolute atomic E-state index is 9.39. The van der Waals surface area contributed by atoms with Crippen molar-refractivity contribution < 1.29 is 5.11 Å². The minimum absolute atomic E-state index is 0.545. The van der Waals surface area contributed by atoms with E-state index in [1.54, 1.807) is 0 Å². The molecule has 0 fully saturated rings. The van der Waals surface area contributed by atoms with Gasteiger partial charge in [0.25, 0.3) is 0 Å². The lowest BCUT2D eigenvalue weighted by molar-refractivity contribution is 0.228. The van der Waals surface area contributed by atoms with Gasteiger partial charge in [0.1, 0.15) is 6.10 Å². The predicted octanol–water partition coefficient (Wildman–Crippen LogP) is 4.13. The molecule has 0 radical (unpaired) electrons. The SMILES string of the molecule is CCC(O)C#Cc1ccc(-c2ccc(Cl)cc2)cc1. The summed E-state index contributed by atoms with van der Waals surface area (Å²) in [6, 6.07) is 15.7. The Balaban J connectivity index is 2.18. The van der Waals surface area contributed by atoms with Gasteiger partial charge in [0, 0.05) is 10.6 Å². The third-order valence-corrected chi connectivity index (χ3v) is 3.08. The third-order valence-electron chi connectivity index (χ3n) is 2.83. The van der Waals surface area contributed by atoms with Crippen LogP contribution in [0.2, 0.25) is 5.02 Å². The second-order valence-corrected chi connectivity index (χ2v) is 4.71. The average molecular weight is 271 g/mol. The molecular formula is C17H15ClO. The van der Waals surface area contributed by atoms with Gasteiger partial charge in [-0.1, -0.05) is 54.6 Å². The minimum Gasteiger partial charge on any atom is -0.380 e. The van der Waals surface area contributed by atoms with Crippen LogP contribution in [-0.4, -0.2) is 11.2 Å². The van der Waals surface area contributed by atoms with E-state index in [9.17, 15) is 5.11 Å². The quantitative estimate of drug-likeness (QED) is 0.814. The van der Waals surface area contributed by atoms with Crippen LogP contribution in [0.3, 0.4) is 0 Å². The Hall–Kier alpha value is -1.75. The van der Waals surface area contributed by atoms with Crippen molar-refractivity contribution in [3.8, 4) is 23.0 Å². The zero-order valence-corrected chi connectivity index (χ0v) is 11.5. The standard InChI is InChI=1S/C17H15ClO/c1-2-17(19)12-5-13-3-6-14(7-4-13)15-8-10-16(18)11-9-15/h3-4,6-11,17,19H,2H2,1H3. The van der Waals surface area contributed by atoms with E-state index in [2.05, 4.69) is 11.8 Å². The number of rotatable bonds is 2. The van der Waals surface area contributed by atoms with Crippen LogP contribution in [0.4, 0.5) is 0 Å². The van der Waals surface area contributed by atoms with Crippen LogP contribution in [0.15, 0.2) is 48.5 Å². The summed E-state index contributed by atoms with van der Waals surface area (Å²) in [6.45, 7) is 1.91. The first-order valence-electron chi connectivity index (χ1n) is 6.24. The Labute approximate surface area is 118 Å². The van der Waals surface area contributed by atoms with Crippen molar-refractivity contribution in [2.45, 2.75) is 19.4 Å². The summed E-state index contributed by atoms with van der Waals surface area (Å²) in [5, 5.41) is 10.1. The Morgan fingerprint density at radius 2 is 1.53 bits per heavy atom. The summed E-state index contributed by atoms with van der Waals surface area (Å²) in [7, 11) is 0. The van der Waals surface area contributed by atoms with Gasteiger partial charge in [-0.25, -0.2) is 0 Å². The fourth-order valence-electron chi connectivity index (χ4n) is 1.66. The number of hydrogen-bond acceptors (Lipinski definition) is 1. The molecule has 2 aromatic carbocycles. The molecule has 96 valence electrons. The molecule has 0 aromatic heterocycles. The maximum Gasteiger partial charge on any atom is 0.114 e. The highest BCUT2D eigenvalue weighted by Crippen LogP contribution is 2.21. The summed E-state index contributed by atoms with van der Waals surface area (Å²) in [4.78, 5) is 0. The molecule has 1 unspecified atom stereocenters. The molecular weight excluding hydrogens is 256 g/mol. The first kappa shape index (κ1) is 13.7. The van der Waals surface area contributed by atoms with Crippen LogP contribution < -0.4 is 0 Å². The van der Waals surface area contributed by atoms with Gasteiger partial charge in [0.15, 0.2) is 0 Å². The first-order chi connectivity index (χ1) is 9.19. The van der Waals surface area contributed by atoms with E-state index in [0.29, 0.717) is 6.42 Å². The molecule has 0 bridgehead atoms. The van der Waals surface area contributed by atoms with Gasteiger partial charge >= 0.3 is 0 Å². The van der Waals surface area contributed by atoms with Crippen LogP contribution in [-0.2, 0) is 0 Å². The van der Waals surface area contributed by atoms with E-state index < -0.39 is 6.10 Å². The zero-order chi connectivity index (χ0) is 13.7. The van der Waals surface area contributed by atoms with Crippen LogP contribution in [0.5, 0.6) is 0 Å². The maximum atomic E-state index is 9.39. The van der Waals surface area contributed by atoms with Crippen LogP contribution >= 0.6 is 11.6 Å². The van der Waals surface area contributed by atoms with Gasteiger partial charge in [0.05, 0.1) is 0 Å². The lowest BCUT2D eigenvalue weighted by Crippen LogP contribution is -1.98. The van der Waals surface area contributed by atoms with Gasteiger partial charge < -0.3 is 5.11 Å². The van der Waals surface area contributed by atoms with E-state index in [1.807, 2.05) is 55.5 Å². The van der Waals surface area contributed by atoms with Crippen molar-refractivity contribution >= 4 is 11.6 Å². The fraction of sp³-hybridized carbons (Fsp3) is 0.176. The van der Waals surface area contributed by atoms with Gasteiger partial charge in [-0.05, 0) is 41.8 Å². The van der Waals surface area contributed by atoms with E-state index in [4.69, 9.17) is 11.6 Å². The van der Waals surface area contributed by atoms with E-state index in [0.717, 1.165) is 21.7 Å². The molecule has 2 rings (SSSR count). The molecule has 1 atom stereocenters. The zero-order valence-electron chi connectivity index (χ0n) is 10.7. The van der Waals surface area contributed by atoms with Crippen molar-refractivity contribution in [1.82, 2.24) is 0 Å². The monoisotopic (exact) mass is 270 g/mol. The summed E-state index contributed by atoms with van der Waals surface area (Å²) in [5.41, 5.74) is 3.15. The molecule has 0 amide bonds. The van der Waals surface area contributed by atoms with Crippen molar-refractivity contribution in [3.63, 3.8) is 0 Å². The topological polar surface area (TPSA) is 20.2 Å². The molecule has 0 heterocycles. The summed E-state index contributed by atoms with van der Waals surface area (Å²) in [6.07, 6.45) is 0.103. The number of halogens is 1. The number of aliphatic hydroxyl groups is 1. The molecule has 19 heavy (non-hydrogen) atoms. The van der Waals surface area contributed by atoms with Crippen molar-refractivity contribution in [3.05, 3.63) is 59.1 Å². The van der Waals surface area contributed by atoms with E-state index in [-0.39, 0.29) is 0 Å². The largest absolute Gasteiger partial charge is 0.380 e. The molecule has 0 spiro atoms. The van der Waals surface area contributed by atoms with Crippen LogP contribution in [0, 0.1) is 11.8 Å². The summed E-state index contributed by atoms with van der Waals surface area (Å²) >= 11 is 5.87. The molecule has 0 aliphatic carbocycles. The second kappa shape index (κ2) is 6.43. The van der Waals surface area contributed by atoms with Crippen molar-refractivity contribution in [2.24, 2.45) is 0 Å². The lowest BCUT2D eigenvalue weighted by atomic mass is 10.0. The van der Waals surface area contributed by atoms with Crippen LogP contribution in [0.1, 0.15) is 18.9 Å². The van der Waals surface area contributed by atoms with E-state index in [1.165, 1.54) is 0 Å². The minimum atomic E-state index is -0.545. The third kappa shape index (κ3) is 3.86. The smallest absolute Gasteiger partial charge is 0.114 e.